The second-order valence-electron chi connectivity index (χ2n) is 3.29. The molecule has 0 saturated heterocycles. The van der Waals surface area contributed by atoms with Crippen LogP contribution in [-0.2, 0) is 11.0 Å². The summed E-state index contributed by atoms with van der Waals surface area (Å²) in [7, 11) is 0. The van der Waals surface area contributed by atoms with E-state index in [9.17, 15) is 18.0 Å². The van der Waals surface area contributed by atoms with Gasteiger partial charge in [-0.25, -0.2) is 9.97 Å². The van der Waals surface area contributed by atoms with Gasteiger partial charge >= 0.3 is 12.1 Å². The van der Waals surface area contributed by atoms with Gasteiger partial charge in [0, 0.05) is 12.2 Å². The van der Waals surface area contributed by atoms with Crippen molar-refractivity contribution in [3.63, 3.8) is 0 Å². The van der Waals surface area contributed by atoms with Crippen LogP contribution in [0.2, 0.25) is 0 Å². The maximum absolute atomic E-state index is 12.4. The van der Waals surface area contributed by atoms with E-state index in [0.717, 1.165) is 6.07 Å². The zero-order valence-electron chi connectivity index (χ0n) is 8.88. The maximum Gasteiger partial charge on any atom is 0.433 e. The van der Waals surface area contributed by atoms with Crippen LogP contribution in [0.15, 0.2) is 6.07 Å². The van der Waals surface area contributed by atoms with Crippen molar-refractivity contribution in [1.29, 1.82) is 0 Å². The fraction of sp³-hybridized carbons (Fsp3) is 0.444. The Hall–Kier alpha value is -1.86. The van der Waals surface area contributed by atoms with E-state index in [1.807, 2.05) is 0 Å². The van der Waals surface area contributed by atoms with Gasteiger partial charge in [-0.2, -0.15) is 13.2 Å². The number of hydrogen-bond donors (Lipinski definition) is 2. The normalized spacial score (nSPS) is 11.3. The third-order valence-corrected chi connectivity index (χ3v) is 1.77. The molecule has 8 heteroatoms. The van der Waals surface area contributed by atoms with E-state index in [2.05, 4.69) is 15.3 Å². The number of hydrogen-bond acceptors (Lipinski definition) is 4. The van der Waals surface area contributed by atoms with Crippen molar-refractivity contribution in [2.45, 2.75) is 19.5 Å². The average Bonchev–Trinajstić information content (AvgIpc) is 2.14. The van der Waals surface area contributed by atoms with Crippen molar-refractivity contribution in [2.24, 2.45) is 0 Å². The van der Waals surface area contributed by atoms with E-state index >= 15 is 0 Å². The highest BCUT2D eigenvalue weighted by Crippen LogP contribution is 2.28. The van der Waals surface area contributed by atoms with E-state index in [0.29, 0.717) is 0 Å². The summed E-state index contributed by atoms with van der Waals surface area (Å²) in [5, 5.41) is 10.8. The Labute approximate surface area is 94.7 Å². The molecule has 0 aliphatic heterocycles. The van der Waals surface area contributed by atoms with Crippen LogP contribution < -0.4 is 5.32 Å². The van der Waals surface area contributed by atoms with Crippen LogP contribution >= 0.6 is 0 Å². The Morgan fingerprint density at radius 2 is 2.12 bits per heavy atom. The van der Waals surface area contributed by atoms with Gasteiger partial charge in [0.15, 0.2) is 0 Å². The summed E-state index contributed by atoms with van der Waals surface area (Å²) in [5.74, 6) is -1.28. The fourth-order valence-corrected chi connectivity index (χ4v) is 1.07. The molecule has 0 saturated carbocycles. The molecule has 0 aromatic carbocycles. The number of nitrogens with zero attached hydrogens (tertiary/aromatic N) is 2. The Morgan fingerprint density at radius 3 is 2.65 bits per heavy atom. The van der Waals surface area contributed by atoms with Gasteiger partial charge in [-0.1, -0.05) is 0 Å². The van der Waals surface area contributed by atoms with Gasteiger partial charge in [-0.3, -0.25) is 4.79 Å². The number of rotatable bonds is 4. The van der Waals surface area contributed by atoms with Gasteiger partial charge in [0.2, 0.25) is 5.95 Å². The molecule has 2 N–H and O–H groups in total. The van der Waals surface area contributed by atoms with E-state index in [1.165, 1.54) is 6.92 Å². The number of anilines is 1. The van der Waals surface area contributed by atoms with Gasteiger partial charge < -0.3 is 10.4 Å². The van der Waals surface area contributed by atoms with Gasteiger partial charge in [-0.15, -0.1) is 0 Å². The topological polar surface area (TPSA) is 75.1 Å². The summed E-state index contributed by atoms with van der Waals surface area (Å²) in [6.45, 7) is 1.37. The van der Waals surface area contributed by atoms with Crippen molar-refractivity contribution in [3.8, 4) is 0 Å². The second kappa shape index (κ2) is 4.98. The van der Waals surface area contributed by atoms with Crippen LogP contribution in [0.5, 0.6) is 0 Å². The lowest BCUT2D eigenvalue weighted by Gasteiger charge is -2.09. The van der Waals surface area contributed by atoms with Crippen LogP contribution in [0.1, 0.15) is 17.8 Å². The molecule has 0 atom stereocenters. The molecular weight excluding hydrogens is 239 g/mol. The maximum atomic E-state index is 12.4. The van der Waals surface area contributed by atoms with Crippen LogP contribution in [0.25, 0.3) is 0 Å². The zero-order valence-corrected chi connectivity index (χ0v) is 8.88. The number of aromatic nitrogens is 2. The van der Waals surface area contributed by atoms with Crippen molar-refractivity contribution in [1.82, 2.24) is 9.97 Å². The van der Waals surface area contributed by atoms with E-state index < -0.39 is 17.8 Å². The molecule has 0 aliphatic rings. The first kappa shape index (κ1) is 13.2. The molecule has 1 aromatic rings. The summed E-state index contributed by atoms with van der Waals surface area (Å²) >= 11 is 0. The summed E-state index contributed by atoms with van der Waals surface area (Å²) in [6, 6.07) is 0.822. The molecule has 0 unspecified atom stereocenters. The summed E-state index contributed by atoms with van der Waals surface area (Å²) < 4.78 is 37.2. The number of carboxylic acids is 1. The largest absolute Gasteiger partial charge is 0.481 e. The first-order valence-corrected chi connectivity index (χ1v) is 4.67. The van der Waals surface area contributed by atoms with E-state index in [-0.39, 0.29) is 24.6 Å². The quantitative estimate of drug-likeness (QED) is 0.849. The minimum Gasteiger partial charge on any atom is -0.481 e. The minimum atomic E-state index is -4.54. The van der Waals surface area contributed by atoms with Crippen molar-refractivity contribution < 1.29 is 23.1 Å². The highest BCUT2D eigenvalue weighted by molar-refractivity contribution is 5.67. The first-order chi connectivity index (χ1) is 7.79. The van der Waals surface area contributed by atoms with Crippen LogP contribution in [0.3, 0.4) is 0 Å². The fourth-order valence-electron chi connectivity index (χ4n) is 1.07. The third-order valence-electron chi connectivity index (χ3n) is 1.77. The van der Waals surface area contributed by atoms with E-state index in [4.69, 9.17) is 5.11 Å². The zero-order chi connectivity index (χ0) is 13.1. The van der Waals surface area contributed by atoms with Crippen LogP contribution in [-0.4, -0.2) is 27.6 Å². The molecule has 0 spiro atoms. The highest BCUT2D eigenvalue weighted by Gasteiger charge is 2.33. The van der Waals surface area contributed by atoms with E-state index in [1.54, 1.807) is 0 Å². The molecule has 0 radical (unpaired) electrons. The Balaban J connectivity index is 2.79. The molecule has 1 rings (SSSR count). The second-order valence-corrected chi connectivity index (χ2v) is 3.29. The SMILES string of the molecule is Cc1cc(C(F)(F)F)nc(NCCC(=O)O)n1. The molecule has 5 nitrogen and oxygen atoms in total. The number of aryl methyl sites for hydroxylation is 1. The molecular formula is C9H10F3N3O2. The van der Waals surface area contributed by atoms with Gasteiger partial charge in [0.1, 0.15) is 5.69 Å². The third kappa shape index (κ3) is 4.25. The Morgan fingerprint density at radius 1 is 1.47 bits per heavy atom. The molecule has 94 valence electrons. The molecule has 1 aromatic heterocycles. The standard InChI is InChI=1S/C9H10F3N3O2/c1-5-4-6(9(10,11)12)15-8(14-5)13-3-2-7(16)17/h4H,2-3H2,1H3,(H,16,17)(H,13,14,15). The molecule has 0 bridgehead atoms. The molecule has 1 heterocycles. The average molecular weight is 249 g/mol. The lowest BCUT2D eigenvalue weighted by molar-refractivity contribution is -0.141. The number of alkyl halides is 3. The number of nitrogens with one attached hydrogen (secondary N) is 1. The Bertz CT molecular complexity index is 420. The van der Waals surface area contributed by atoms with Gasteiger partial charge in [0.05, 0.1) is 6.42 Å². The molecule has 0 aliphatic carbocycles. The summed E-state index contributed by atoms with van der Waals surface area (Å²) in [4.78, 5) is 17.2. The number of carboxylic acid groups (broad SMARTS) is 1. The van der Waals surface area contributed by atoms with Crippen molar-refractivity contribution in [3.05, 3.63) is 17.5 Å². The molecule has 0 amide bonds. The minimum absolute atomic E-state index is 0.0317. The Kier molecular flexibility index (Phi) is 3.87. The summed E-state index contributed by atoms with van der Waals surface area (Å²) in [5.41, 5.74) is -0.895. The van der Waals surface area contributed by atoms with Crippen molar-refractivity contribution >= 4 is 11.9 Å². The van der Waals surface area contributed by atoms with Crippen LogP contribution in [0.4, 0.5) is 19.1 Å². The monoisotopic (exact) mass is 249 g/mol. The highest BCUT2D eigenvalue weighted by atomic mass is 19.4. The first-order valence-electron chi connectivity index (χ1n) is 4.67. The lowest BCUT2D eigenvalue weighted by atomic mass is 10.3. The predicted octanol–water partition coefficient (Wildman–Crippen LogP) is 1.69. The van der Waals surface area contributed by atoms with Gasteiger partial charge in [-0.05, 0) is 13.0 Å². The number of carbonyl (C=O) groups is 1. The van der Waals surface area contributed by atoms with Crippen molar-refractivity contribution in [2.75, 3.05) is 11.9 Å². The number of aliphatic carboxylic acids is 1. The van der Waals surface area contributed by atoms with Gasteiger partial charge in [0.25, 0.3) is 0 Å². The lowest BCUT2D eigenvalue weighted by Crippen LogP contribution is -2.14. The summed E-state index contributed by atoms with van der Waals surface area (Å²) in [6.07, 6.45) is -4.77. The smallest absolute Gasteiger partial charge is 0.433 e. The predicted molar refractivity (Wildman–Crippen MR) is 52.5 cm³/mol. The molecule has 17 heavy (non-hydrogen) atoms. The van der Waals surface area contributed by atoms with Crippen LogP contribution in [0, 0.1) is 6.92 Å². The number of halogens is 3. The molecule has 0 fully saturated rings.